The van der Waals surface area contributed by atoms with Gasteiger partial charge >= 0.3 is 0 Å². The Bertz CT molecular complexity index is 588. The van der Waals surface area contributed by atoms with Crippen LogP contribution in [0.1, 0.15) is 12.8 Å². The monoisotopic (exact) mass is 251 g/mol. The number of pyridine rings is 1. The Kier molecular flexibility index (Phi) is 3.55. The van der Waals surface area contributed by atoms with Crippen LogP contribution in [-0.4, -0.2) is 10.5 Å². The largest absolute Gasteiger partial charge is 0.315 e. The number of hydrazine groups is 1. The summed E-state index contributed by atoms with van der Waals surface area (Å²) >= 11 is 1.55. The zero-order chi connectivity index (χ0) is 12.3. The SMILES string of the molecule is NNC(=O)CCCn1ccc2sccc2c1=O. The number of aryl methyl sites for hydroxylation is 1. The average Bonchev–Trinajstić information content (AvgIpc) is 2.81. The molecule has 90 valence electrons. The number of aromatic nitrogens is 1. The minimum Gasteiger partial charge on any atom is -0.315 e. The molecule has 0 radical (unpaired) electrons. The number of nitrogens with zero attached hydrogens (tertiary/aromatic N) is 1. The predicted octanol–water partition coefficient (Wildman–Crippen LogP) is 0.833. The lowest BCUT2D eigenvalue weighted by molar-refractivity contribution is -0.121. The number of fused-ring (bicyclic) bond motifs is 1. The van der Waals surface area contributed by atoms with E-state index in [1.807, 2.05) is 17.5 Å². The summed E-state index contributed by atoms with van der Waals surface area (Å²) < 4.78 is 2.62. The highest BCUT2D eigenvalue weighted by Gasteiger charge is 2.04. The van der Waals surface area contributed by atoms with Crippen molar-refractivity contribution in [2.75, 3.05) is 0 Å². The van der Waals surface area contributed by atoms with Gasteiger partial charge in [-0.25, -0.2) is 5.84 Å². The van der Waals surface area contributed by atoms with Gasteiger partial charge in [0.25, 0.3) is 5.56 Å². The van der Waals surface area contributed by atoms with Crippen molar-refractivity contribution in [3.05, 3.63) is 34.1 Å². The number of nitrogens with one attached hydrogen (secondary N) is 1. The minimum absolute atomic E-state index is 0.00286. The smallest absolute Gasteiger partial charge is 0.259 e. The van der Waals surface area contributed by atoms with Crippen LogP contribution < -0.4 is 16.8 Å². The van der Waals surface area contributed by atoms with E-state index in [9.17, 15) is 9.59 Å². The van der Waals surface area contributed by atoms with Gasteiger partial charge in [-0.1, -0.05) is 0 Å². The van der Waals surface area contributed by atoms with Gasteiger partial charge in [-0.3, -0.25) is 15.0 Å². The molecule has 0 unspecified atom stereocenters. The number of nitrogens with two attached hydrogens (primary N) is 1. The van der Waals surface area contributed by atoms with Gasteiger partial charge in [-0.05, 0) is 23.9 Å². The second-order valence-corrected chi connectivity index (χ2v) is 4.63. The zero-order valence-electron chi connectivity index (χ0n) is 9.18. The number of hydrogen-bond acceptors (Lipinski definition) is 4. The lowest BCUT2D eigenvalue weighted by Crippen LogP contribution is -2.30. The summed E-state index contributed by atoms with van der Waals surface area (Å²) in [4.78, 5) is 22.9. The Labute approximate surface area is 102 Å². The van der Waals surface area contributed by atoms with E-state index in [1.54, 1.807) is 22.1 Å². The van der Waals surface area contributed by atoms with Gasteiger partial charge in [0.15, 0.2) is 0 Å². The molecule has 0 saturated heterocycles. The van der Waals surface area contributed by atoms with Gasteiger partial charge in [0.2, 0.25) is 5.91 Å². The Morgan fingerprint density at radius 2 is 2.29 bits per heavy atom. The van der Waals surface area contributed by atoms with E-state index in [0.29, 0.717) is 19.4 Å². The molecule has 0 atom stereocenters. The van der Waals surface area contributed by atoms with E-state index in [-0.39, 0.29) is 11.5 Å². The van der Waals surface area contributed by atoms with Gasteiger partial charge in [0.05, 0.1) is 5.39 Å². The first kappa shape index (κ1) is 11.8. The Hall–Kier alpha value is -1.66. The Morgan fingerprint density at radius 3 is 3.06 bits per heavy atom. The van der Waals surface area contributed by atoms with Crippen LogP contribution in [0.25, 0.3) is 10.1 Å². The van der Waals surface area contributed by atoms with Crippen LogP contribution in [0.5, 0.6) is 0 Å². The highest BCUT2D eigenvalue weighted by atomic mass is 32.1. The normalized spacial score (nSPS) is 10.6. The van der Waals surface area contributed by atoms with Crippen molar-refractivity contribution in [3.63, 3.8) is 0 Å². The molecule has 2 heterocycles. The quantitative estimate of drug-likeness (QED) is 0.480. The molecule has 2 rings (SSSR count). The lowest BCUT2D eigenvalue weighted by atomic mass is 10.3. The van der Waals surface area contributed by atoms with Crippen molar-refractivity contribution in [1.82, 2.24) is 9.99 Å². The maximum Gasteiger partial charge on any atom is 0.259 e. The molecule has 0 aliphatic heterocycles. The first-order valence-corrected chi connectivity index (χ1v) is 6.16. The molecule has 0 aliphatic rings. The number of thiophene rings is 1. The molecule has 5 nitrogen and oxygen atoms in total. The zero-order valence-corrected chi connectivity index (χ0v) is 10.00. The summed E-state index contributed by atoms with van der Waals surface area (Å²) in [5.41, 5.74) is 2.06. The van der Waals surface area contributed by atoms with Crippen LogP contribution in [0.15, 0.2) is 28.5 Å². The summed E-state index contributed by atoms with van der Waals surface area (Å²) in [5, 5.41) is 2.64. The fourth-order valence-corrected chi connectivity index (χ4v) is 2.44. The van der Waals surface area contributed by atoms with E-state index >= 15 is 0 Å². The first-order valence-electron chi connectivity index (χ1n) is 5.28. The highest BCUT2D eigenvalue weighted by Crippen LogP contribution is 2.16. The van der Waals surface area contributed by atoms with Gasteiger partial charge in [0, 0.05) is 23.9 Å². The molecule has 0 bridgehead atoms. The maximum absolute atomic E-state index is 12.0. The van der Waals surface area contributed by atoms with E-state index < -0.39 is 0 Å². The van der Waals surface area contributed by atoms with Crippen LogP contribution in [0.2, 0.25) is 0 Å². The summed E-state index contributed by atoms with van der Waals surface area (Å²) in [6.07, 6.45) is 2.69. The fraction of sp³-hybridized carbons (Fsp3) is 0.273. The third-order valence-electron chi connectivity index (χ3n) is 2.56. The van der Waals surface area contributed by atoms with Crippen molar-refractivity contribution < 1.29 is 4.79 Å². The molecule has 0 aliphatic carbocycles. The minimum atomic E-state index is -0.213. The maximum atomic E-state index is 12.0. The van der Waals surface area contributed by atoms with E-state index in [1.165, 1.54) is 0 Å². The molecule has 0 spiro atoms. The average molecular weight is 251 g/mol. The van der Waals surface area contributed by atoms with Crippen molar-refractivity contribution in [3.8, 4) is 0 Å². The third-order valence-corrected chi connectivity index (χ3v) is 3.44. The number of carbonyl (C=O) groups excluding carboxylic acids is 1. The van der Waals surface area contributed by atoms with Crippen molar-refractivity contribution in [2.24, 2.45) is 5.84 Å². The Balaban J connectivity index is 2.11. The summed E-state index contributed by atoms with van der Waals surface area (Å²) in [5.74, 6) is 4.76. The standard InChI is InChI=1S/C11H13N3O2S/c12-13-10(15)2-1-5-14-6-3-9-8(11(14)16)4-7-17-9/h3-4,6-7H,1-2,5,12H2,(H,13,15). The number of rotatable bonds is 4. The topological polar surface area (TPSA) is 77.1 Å². The van der Waals surface area contributed by atoms with Gasteiger partial charge < -0.3 is 4.57 Å². The summed E-state index contributed by atoms with van der Waals surface area (Å²) in [7, 11) is 0. The van der Waals surface area contributed by atoms with E-state index in [4.69, 9.17) is 5.84 Å². The Morgan fingerprint density at radius 1 is 1.47 bits per heavy atom. The molecule has 1 amide bonds. The van der Waals surface area contributed by atoms with E-state index in [0.717, 1.165) is 10.1 Å². The van der Waals surface area contributed by atoms with Crippen LogP contribution in [-0.2, 0) is 11.3 Å². The second-order valence-electron chi connectivity index (χ2n) is 3.68. The number of carbonyl (C=O) groups is 1. The fourth-order valence-electron chi connectivity index (χ4n) is 1.67. The van der Waals surface area contributed by atoms with Crippen molar-refractivity contribution in [1.29, 1.82) is 0 Å². The summed E-state index contributed by atoms with van der Waals surface area (Å²) in [6.45, 7) is 0.526. The van der Waals surface area contributed by atoms with Crippen molar-refractivity contribution >= 4 is 27.3 Å². The molecular formula is C11H13N3O2S. The number of hydrogen-bond donors (Lipinski definition) is 2. The predicted molar refractivity (Wildman–Crippen MR) is 67.6 cm³/mol. The third kappa shape index (κ3) is 2.54. The van der Waals surface area contributed by atoms with Crippen molar-refractivity contribution in [2.45, 2.75) is 19.4 Å². The molecule has 2 aromatic rings. The number of amides is 1. The van der Waals surface area contributed by atoms with Crippen LogP contribution in [0, 0.1) is 0 Å². The molecule has 0 aromatic carbocycles. The van der Waals surface area contributed by atoms with Crippen LogP contribution in [0.3, 0.4) is 0 Å². The molecule has 3 N–H and O–H groups in total. The first-order chi connectivity index (χ1) is 8.22. The van der Waals surface area contributed by atoms with Gasteiger partial charge in [0.1, 0.15) is 0 Å². The molecule has 17 heavy (non-hydrogen) atoms. The molecule has 6 heteroatoms. The van der Waals surface area contributed by atoms with Gasteiger partial charge in [-0.15, -0.1) is 11.3 Å². The van der Waals surface area contributed by atoms with Crippen LogP contribution >= 0.6 is 11.3 Å². The summed E-state index contributed by atoms with van der Waals surface area (Å²) in [6, 6.07) is 3.75. The molecular weight excluding hydrogens is 238 g/mol. The van der Waals surface area contributed by atoms with Crippen LogP contribution in [0.4, 0.5) is 0 Å². The lowest BCUT2D eigenvalue weighted by Gasteiger charge is -2.05. The van der Waals surface area contributed by atoms with E-state index in [2.05, 4.69) is 5.43 Å². The highest BCUT2D eigenvalue weighted by molar-refractivity contribution is 7.17. The molecule has 0 fully saturated rings. The molecule has 2 aromatic heterocycles. The second kappa shape index (κ2) is 5.11. The molecule has 0 saturated carbocycles. The van der Waals surface area contributed by atoms with Gasteiger partial charge in [-0.2, -0.15) is 0 Å².